The molecule has 0 amide bonds. The van der Waals surface area contributed by atoms with E-state index in [0.29, 0.717) is 12.0 Å². The summed E-state index contributed by atoms with van der Waals surface area (Å²) in [7, 11) is 0. The molecule has 2 heterocycles. The Balaban J connectivity index is 1.49. The third kappa shape index (κ3) is 4.53. The first-order valence-corrected chi connectivity index (χ1v) is 14.9. The Morgan fingerprint density at radius 1 is 1.23 bits per heavy atom. The molecule has 1 saturated heterocycles. The van der Waals surface area contributed by atoms with E-state index < -0.39 is 35.7 Å². The van der Waals surface area contributed by atoms with Crippen molar-refractivity contribution in [2.75, 3.05) is 0 Å². The normalized spacial score (nSPS) is 41.2. The molecule has 7 nitrogen and oxygen atoms in total. The highest BCUT2D eigenvalue weighted by Gasteiger charge is 2.62. The van der Waals surface area contributed by atoms with Crippen LogP contribution in [0.5, 0.6) is 0 Å². The SMILES string of the molecule is C=C1C2CC3C(C(C)C)C(OC(=O)c4ccc(C)nc4Cl)CC3(C)CC2C(C)=CCC2C(C)OC(=O)C(O)C12O. The number of aliphatic hydroxyl groups is 2. The predicted octanol–water partition coefficient (Wildman–Crippen LogP) is 5.45. The molecule has 1 aromatic heterocycles. The summed E-state index contributed by atoms with van der Waals surface area (Å²) in [5.41, 5.74) is 0.872. The van der Waals surface area contributed by atoms with E-state index >= 15 is 0 Å². The molecule has 4 aliphatic rings. The van der Waals surface area contributed by atoms with Crippen LogP contribution in [-0.2, 0) is 14.3 Å². The first kappa shape index (κ1) is 29.3. The minimum Gasteiger partial charge on any atom is -0.460 e. The van der Waals surface area contributed by atoms with Gasteiger partial charge in [0.2, 0.25) is 0 Å². The first-order valence-electron chi connectivity index (χ1n) is 14.5. The summed E-state index contributed by atoms with van der Waals surface area (Å²) < 4.78 is 11.6. The average molecular weight is 572 g/mol. The predicted molar refractivity (Wildman–Crippen MR) is 151 cm³/mol. The number of halogens is 1. The van der Waals surface area contributed by atoms with E-state index in [1.165, 1.54) is 5.57 Å². The molecule has 5 rings (SSSR count). The molecular weight excluding hydrogens is 530 g/mol. The number of cyclic esters (lactones) is 1. The van der Waals surface area contributed by atoms with Gasteiger partial charge in [-0.15, -0.1) is 0 Å². The maximum Gasteiger partial charge on any atom is 0.341 e. The Bertz CT molecular complexity index is 1260. The number of aromatic nitrogens is 1. The summed E-state index contributed by atoms with van der Waals surface area (Å²) in [6, 6.07) is 3.42. The van der Waals surface area contributed by atoms with Crippen molar-refractivity contribution in [2.24, 2.45) is 40.9 Å². The molecule has 3 aliphatic carbocycles. The zero-order valence-electron chi connectivity index (χ0n) is 24.3. The van der Waals surface area contributed by atoms with Gasteiger partial charge in [0.25, 0.3) is 0 Å². The molecule has 0 spiro atoms. The van der Waals surface area contributed by atoms with Crippen LogP contribution in [0, 0.1) is 47.8 Å². The lowest BCUT2D eigenvalue weighted by atomic mass is 9.53. The van der Waals surface area contributed by atoms with E-state index in [-0.39, 0.29) is 51.8 Å². The standard InChI is InChI=1S/C32H42ClNO6/c1-15(2)26-24-12-21-18(5)32(38)23(19(6)39-30(37)27(32)35)11-8-16(3)22(21)13-31(24,7)14-25(26)40-29(36)20-10-9-17(4)34-28(20)33/h8-10,15,19,21-27,35,38H,5,11-14H2,1-4,6-7H3. The summed E-state index contributed by atoms with van der Waals surface area (Å²) in [6.45, 7) is 16.7. The van der Waals surface area contributed by atoms with Crippen LogP contribution in [0.25, 0.3) is 0 Å². The number of aryl methyl sites for hydroxylation is 1. The number of carbonyl (C=O) groups is 2. The van der Waals surface area contributed by atoms with E-state index in [9.17, 15) is 19.8 Å². The lowest BCUT2D eigenvalue weighted by Gasteiger charge is -2.54. The smallest absolute Gasteiger partial charge is 0.341 e. The number of carbonyl (C=O) groups excluding carboxylic acids is 2. The Labute approximate surface area is 242 Å². The van der Waals surface area contributed by atoms with Crippen molar-refractivity contribution in [1.29, 1.82) is 0 Å². The molecule has 1 aliphatic heterocycles. The van der Waals surface area contributed by atoms with Gasteiger partial charge in [-0.1, -0.05) is 50.6 Å². The number of nitrogens with zero attached hydrogens (tertiary/aromatic N) is 1. The number of hydrogen-bond acceptors (Lipinski definition) is 7. The van der Waals surface area contributed by atoms with Crippen molar-refractivity contribution in [2.45, 2.75) is 91.1 Å². The molecular formula is C32H42ClNO6. The monoisotopic (exact) mass is 571 g/mol. The van der Waals surface area contributed by atoms with Crippen molar-refractivity contribution in [3.8, 4) is 0 Å². The molecule has 0 bridgehead atoms. The third-order valence-electron chi connectivity index (χ3n) is 10.7. The molecule has 2 saturated carbocycles. The highest BCUT2D eigenvalue weighted by atomic mass is 35.5. The Morgan fingerprint density at radius 2 is 1.93 bits per heavy atom. The maximum absolute atomic E-state index is 13.3. The van der Waals surface area contributed by atoms with Crippen molar-refractivity contribution in [3.05, 3.63) is 52.3 Å². The fourth-order valence-corrected chi connectivity index (χ4v) is 8.88. The second-order valence-electron chi connectivity index (χ2n) is 13.4. The second-order valence-corrected chi connectivity index (χ2v) is 13.7. The van der Waals surface area contributed by atoms with Gasteiger partial charge in [-0.3, -0.25) is 0 Å². The Morgan fingerprint density at radius 3 is 2.58 bits per heavy atom. The largest absolute Gasteiger partial charge is 0.460 e. The molecule has 40 heavy (non-hydrogen) atoms. The van der Waals surface area contributed by atoms with E-state index in [2.05, 4.69) is 45.3 Å². The summed E-state index contributed by atoms with van der Waals surface area (Å²) in [4.78, 5) is 30.1. The lowest BCUT2D eigenvalue weighted by Crippen LogP contribution is -2.63. The summed E-state index contributed by atoms with van der Waals surface area (Å²) in [5.74, 6) is -1.28. The zero-order valence-corrected chi connectivity index (χ0v) is 25.1. The van der Waals surface area contributed by atoms with E-state index in [4.69, 9.17) is 21.1 Å². The highest BCUT2D eigenvalue weighted by molar-refractivity contribution is 6.32. The maximum atomic E-state index is 13.3. The van der Waals surface area contributed by atoms with Crippen LogP contribution in [0.15, 0.2) is 35.9 Å². The number of aliphatic hydroxyl groups excluding tert-OH is 1. The molecule has 1 aromatic rings. The number of allylic oxidation sites excluding steroid dienone is 2. The van der Waals surface area contributed by atoms with Gasteiger partial charge in [0, 0.05) is 17.5 Å². The van der Waals surface area contributed by atoms with E-state index in [1.54, 1.807) is 19.1 Å². The van der Waals surface area contributed by atoms with Crippen LogP contribution in [-0.4, -0.2) is 51.0 Å². The van der Waals surface area contributed by atoms with Gasteiger partial charge in [-0.2, -0.15) is 0 Å². The number of hydrogen-bond donors (Lipinski definition) is 2. The number of rotatable bonds is 3. The van der Waals surface area contributed by atoms with Gasteiger partial charge < -0.3 is 19.7 Å². The molecule has 0 radical (unpaired) electrons. The fraction of sp³-hybridized carbons (Fsp3) is 0.656. The summed E-state index contributed by atoms with van der Waals surface area (Å²) in [5, 5.41) is 23.2. The molecule has 10 atom stereocenters. The van der Waals surface area contributed by atoms with Crippen molar-refractivity contribution in [1.82, 2.24) is 4.98 Å². The second kappa shape index (κ2) is 10.2. The first-order chi connectivity index (χ1) is 18.7. The van der Waals surface area contributed by atoms with E-state index in [0.717, 1.165) is 25.0 Å². The van der Waals surface area contributed by atoms with E-state index in [1.807, 2.05) is 6.92 Å². The molecule has 10 unspecified atom stereocenters. The van der Waals surface area contributed by atoms with Crippen LogP contribution in [0.4, 0.5) is 0 Å². The minimum atomic E-state index is -1.77. The number of ether oxygens (including phenoxy) is 2. The third-order valence-corrected chi connectivity index (χ3v) is 11.0. The Hall–Kier alpha value is -2.22. The number of esters is 2. The Kier molecular flexibility index (Phi) is 7.50. The zero-order chi connectivity index (χ0) is 29.3. The van der Waals surface area contributed by atoms with Crippen LogP contribution in [0.1, 0.15) is 76.4 Å². The van der Waals surface area contributed by atoms with Crippen molar-refractivity contribution in [3.63, 3.8) is 0 Å². The molecule has 8 heteroatoms. The topological polar surface area (TPSA) is 106 Å². The van der Waals surface area contributed by atoms with Gasteiger partial charge in [0.1, 0.15) is 23.0 Å². The number of fused-ring (bicyclic) bond motifs is 3. The highest BCUT2D eigenvalue weighted by Crippen LogP contribution is 2.63. The van der Waals surface area contributed by atoms with Crippen molar-refractivity contribution < 1.29 is 29.3 Å². The molecule has 218 valence electrons. The summed E-state index contributed by atoms with van der Waals surface area (Å²) >= 11 is 6.30. The van der Waals surface area contributed by atoms with Crippen molar-refractivity contribution >= 4 is 23.5 Å². The van der Waals surface area contributed by atoms with Gasteiger partial charge in [0.05, 0.1) is 5.56 Å². The van der Waals surface area contributed by atoms with Crippen LogP contribution in [0.2, 0.25) is 5.15 Å². The lowest BCUT2D eigenvalue weighted by molar-refractivity contribution is -0.209. The van der Waals surface area contributed by atoms with Gasteiger partial charge in [-0.05, 0) is 93.2 Å². The average Bonchev–Trinajstić information content (AvgIpc) is 3.15. The number of pyridine rings is 1. The molecule has 2 N–H and O–H groups in total. The minimum absolute atomic E-state index is 0.0835. The fourth-order valence-electron chi connectivity index (χ4n) is 8.60. The van der Waals surface area contributed by atoms with Crippen LogP contribution >= 0.6 is 11.6 Å². The van der Waals surface area contributed by atoms with Crippen LogP contribution in [0.3, 0.4) is 0 Å². The quantitative estimate of drug-likeness (QED) is 0.282. The molecule has 3 fully saturated rings. The summed E-state index contributed by atoms with van der Waals surface area (Å²) in [6.07, 6.45) is 2.39. The van der Waals surface area contributed by atoms with Crippen LogP contribution < -0.4 is 0 Å². The van der Waals surface area contributed by atoms with Gasteiger partial charge >= 0.3 is 11.9 Å². The molecule has 0 aromatic carbocycles. The van der Waals surface area contributed by atoms with Gasteiger partial charge in [-0.25, -0.2) is 14.6 Å². The van der Waals surface area contributed by atoms with Gasteiger partial charge in [0.15, 0.2) is 6.10 Å².